The lowest BCUT2D eigenvalue weighted by molar-refractivity contribution is -0.156. The average molecular weight is 406 g/mol. The quantitative estimate of drug-likeness (QED) is 0.560. The smallest absolute Gasteiger partial charge is 0.326 e. The standard InChI is InChI=1S/C20H23FN2O4S/c1-20(2,3)27-17(24)12-23-18(25)16(28-19(23)26)11-13-6-7-15(14(21)10-13)22-8-4-5-9-22/h6-7,10-11H,4-5,8-9,12H2,1-3H3. The van der Waals surface area contributed by atoms with Crippen LogP contribution in [0.4, 0.5) is 14.9 Å². The number of ether oxygens (including phenoxy) is 1. The van der Waals surface area contributed by atoms with E-state index in [0.717, 1.165) is 42.6 Å². The molecule has 8 heteroatoms. The molecule has 0 bridgehead atoms. The Bertz CT molecular complexity index is 841. The summed E-state index contributed by atoms with van der Waals surface area (Å²) in [6.07, 6.45) is 3.56. The molecule has 0 atom stereocenters. The van der Waals surface area contributed by atoms with E-state index < -0.39 is 29.3 Å². The van der Waals surface area contributed by atoms with E-state index >= 15 is 0 Å². The number of halogens is 1. The summed E-state index contributed by atoms with van der Waals surface area (Å²) in [5.74, 6) is -1.59. The minimum Gasteiger partial charge on any atom is -0.459 e. The average Bonchev–Trinajstić information content (AvgIpc) is 3.18. The Labute approximate surface area is 167 Å². The number of hydrogen-bond acceptors (Lipinski definition) is 6. The molecule has 0 N–H and O–H groups in total. The zero-order valence-corrected chi connectivity index (χ0v) is 17.0. The van der Waals surface area contributed by atoms with Gasteiger partial charge in [0.05, 0.1) is 10.6 Å². The van der Waals surface area contributed by atoms with Crippen molar-refractivity contribution in [3.63, 3.8) is 0 Å². The summed E-state index contributed by atoms with van der Waals surface area (Å²) < 4.78 is 19.6. The summed E-state index contributed by atoms with van der Waals surface area (Å²) >= 11 is 0.730. The number of imide groups is 1. The molecule has 1 aromatic carbocycles. The molecule has 2 saturated heterocycles. The lowest BCUT2D eigenvalue weighted by atomic mass is 10.1. The molecule has 3 rings (SSSR count). The molecule has 28 heavy (non-hydrogen) atoms. The second-order valence-electron chi connectivity index (χ2n) is 7.76. The summed E-state index contributed by atoms with van der Waals surface area (Å²) in [6.45, 7) is 6.35. The monoisotopic (exact) mass is 406 g/mol. The van der Waals surface area contributed by atoms with E-state index in [-0.39, 0.29) is 10.7 Å². The van der Waals surface area contributed by atoms with Crippen molar-refractivity contribution in [1.82, 2.24) is 4.90 Å². The van der Waals surface area contributed by atoms with Gasteiger partial charge in [0.25, 0.3) is 11.1 Å². The molecule has 0 saturated carbocycles. The van der Waals surface area contributed by atoms with Crippen LogP contribution < -0.4 is 4.90 Å². The molecule has 0 radical (unpaired) electrons. The number of anilines is 1. The lowest BCUT2D eigenvalue weighted by Gasteiger charge is -2.21. The van der Waals surface area contributed by atoms with Crippen LogP contribution in [0.25, 0.3) is 6.08 Å². The van der Waals surface area contributed by atoms with E-state index in [2.05, 4.69) is 0 Å². The first kappa shape index (κ1) is 20.4. The van der Waals surface area contributed by atoms with E-state index in [4.69, 9.17) is 4.74 Å². The molecule has 6 nitrogen and oxygen atoms in total. The molecule has 0 aromatic heterocycles. The van der Waals surface area contributed by atoms with Crippen molar-refractivity contribution in [2.45, 2.75) is 39.2 Å². The molecule has 1 aromatic rings. The van der Waals surface area contributed by atoms with Gasteiger partial charge in [-0.25, -0.2) is 4.39 Å². The van der Waals surface area contributed by atoms with Crippen LogP contribution in [0.1, 0.15) is 39.2 Å². The Hall–Kier alpha value is -2.35. The van der Waals surface area contributed by atoms with Crippen LogP contribution >= 0.6 is 11.8 Å². The normalized spacial score (nSPS) is 19.1. The van der Waals surface area contributed by atoms with Crippen LogP contribution in [-0.2, 0) is 14.3 Å². The Morgan fingerprint density at radius 3 is 2.54 bits per heavy atom. The Morgan fingerprint density at radius 1 is 1.25 bits per heavy atom. The molecule has 0 spiro atoms. The van der Waals surface area contributed by atoms with E-state index in [1.165, 1.54) is 12.1 Å². The molecule has 2 aliphatic heterocycles. The minimum absolute atomic E-state index is 0.155. The maximum Gasteiger partial charge on any atom is 0.326 e. The maximum absolute atomic E-state index is 14.5. The van der Waals surface area contributed by atoms with E-state index in [0.29, 0.717) is 11.3 Å². The summed E-state index contributed by atoms with van der Waals surface area (Å²) in [7, 11) is 0. The summed E-state index contributed by atoms with van der Waals surface area (Å²) in [5.41, 5.74) is 0.333. The first-order chi connectivity index (χ1) is 13.1. The number of carbonyl (C=O) groups is 3. The van der Waals surface area contributed by atoms with Gasteiger partial charge in [-0.2, -0.15) is 0 Å². The highest BCUT2D eigenvalue weighted by atomic mass is 32.2. The fraction of sp³-hybridized carbons (Fsp3) is 0.450. The van der Waals surface area contributed by atoms with Gasteiger partial charge in [-0.3, -0.25) is 19.3 Å². The summed E-state index contributed by atoms with van der Waals surface area (Å²) in [4.78, 5) is 39.5. The van der Waals surface area contributed by atoms with Crippen LogP contribution in [0.2, 0.25) is 0 Å². The Balaban J connectivity index is 1.72. The molecule has 0 unspecified atom stereocenters. The largest absolute Gasteiger partial charge is 0.459 e. The molecule has 2 amide bonds. The number of carbonyl (C=O) groups excluding carboxylic acids is 3. The minimum atomic E-state index is -0.705. The second-order valence-corrected chi connectivity index (χ2v) is 8.75. The Kier molecular flexibility index (Phi) is 5.79. The van der Waals surface area contributed by atoms with Crippen LogP contribution in [-0.4, -0.2) is 47.3 Å². The number of nitrogens with zero attached hydrogens (tertiary/aromatic N) is 2. The molecule has 0 aliphatic carbocycles. The van der Waals surface area contributed by atoms with Crippen LogP contribution in [0.5, 0.6) is 0 Å². The van der Waals surface area contributed by atoms with Crippen LogP contribution in [0, 0.1) is 5.82 Å². The third-order valence-electron chi connectivity index (χ3n) is 4.30. The predicted molar refractivity (Wildman–Crippen MR) is 106 cm³/mol. The van der Waals surface area contributed by atoms with Crippen molar-refractivity contribution < 1.29 is 23.5 Å². The van der Waals surface area contributed by atoms with Gasteiger partial charge in [0.2, 0.25) is 0 Å². The van der Waals surface area contributed by atoms with Crippen molar-refractivity contribution >= 4 is 40.6 Å². The first-order valence-electron chi connectivity index (χ1n) is 9.16. The number of benzene rings is 1. The SMILES string of the molecule is CC(C)(C)OC(=O)CN1C(=O)SC(=Cc2ccc(N3CCCC3)c(F)c2)C1=O. The summed E-state index contributed by atoms with van der Waals surface area (Å²) in [5, 5.41) is -0.545. The molecular weight excluding hydrogens is 383 g/mol. The zero-order chi connectivity index (χ0) is 20.5. The van der Waals surface area contributed by atoms with Crippen LogP contribution in [0.3, 0.4) is 0 Å². The second kappa shape index (κ2) is 7.95. The fourth-order valence-electron chi connectivity index (χ4n) is 3.12. The highest BCUT2D eigenvalue weighted by Gasteiger charge is 2.37. The van der Waals surface area contributed by atoms with E-state index in [9.17, 15) is 18.8 Å². The van der Waals surface area contributed by atoms with Crippen molar-refractivity contribution in [2.75, 3.05) is 24.5 Å². The van der Waals surface area contributed by atoms with Gasteiger partial charge in [0.15, 0.2) is 0 Å². The summed E-state index contributed by atoms with van der Waals surface area (Å²) in [6, 6.07) is 4.77. The number of thioether (sulfide) groups is 1. The molecular formula is C20H23FN2O4S. The topological polar surface area (TPSA) is 66.9 Å². The van der Waals surface area contributed by atoms with Gasteiger partial charge in [-0.15, -0.1) is 0 Å². The molecule has 2 aliphatic rings. The lowest BCUT2D eigenvalue weighted by Crippen LogP contribution is -2.37. The van der Waals surface area contributed by atoms with Crippen molar-refractivity contribution in [1.29, 1.82) is 0 Å². The fourth-order valence-corrected chi connectivity index (χ4v) is 3.96. The number of esters is 1. The number of rotatable bonds is 4. The third-order valence-corrected chi connectivity index (χ3v) is 5.20. The van der Waals surface area contributed by atoms with Crippen molar-refractivity contribution in [3.8, 4) is 0 Å². The van der Waals surface area contributed by atoms with Crippen molar-refractivity contribution in [2.24, 2.45) is 0 Å². The zero-order valence-electron chi connectivity index (χ0n) is 16.2. The first-order valence-corrected chi connectivity index (χ1v) is 9.97. The van der Waals surface area contributed by atoms with Gasteiger partial charge in [0, 0.05) is 13.1 Å². The van der Waals surface area contributed by atoms with Crippen LogP contribution in [0.15, 0.2) is 23.1 Å². The van der Waals surface area contributed by atoms with Crippen molar-refractivity contribution in [3.05, 3.63) is 34.5 Å². The molecule has 150 valence electrons. The molecule has 2 fully saturated rings. The van der Waals surface area contributed by atoms with Gasteiger partial charge in [0.1, 0.15) is 18.0 Å². The van der Waals surface area contributed by atoms with Gasteiger partial charge >= 0.3 is 5.97 Å². The van der Waals surface area contributed by atoms with Gasteiger partial charge < -0.3 is 9.64 Å². The van der Waals surface area contributed by atoms with Gasteiger partial charge in [-0.05, 0) is 69.1 Å². The van der Waals surface area contributed by atoms with Gasteiger partial charge in [-0.1, -0.05) is 6.07 Å². The molecule has 2 heterocycles. The van der Waals surface area contributed by atoms with E-state index in [1.807, 2.05) is 4.90 Å². The third kappa shape index (κ3) is 4.73. The number of amides is 2. The highest BCUT2D eigenvalue weighted by molar-refractivity contribution is 8.18. The highest BCUT2D eigenvalue weighted by Crippen LogP contribution is 2.33. The van der Waals surface area contributed by atoms with E-state index in [1.54, 1.807) is 32.9 Å². The predicted octanol–water partition coefficient (Wildman–Crippen LogP) is 3.80. The maximum atomic E-state index is 14.5. The number of hydrogen-bond donors (Lipinski definition) is 0. The Morgan fingerprint density at radius 2 is 1.93 bits per heavy atom.